The lowest BCUT2D eigenvalue weighted by atomic mass is 9.95. The van der Waals surface area contributed by atoms with Crippen LogP contribution >= 0.6 is 11.8 Å². The van der Waals surface area contributed by atoms with E-state index in [2.05, 4.69) is 15.6 Å². The van der Waals surface area contributed by atoms with Crippen molar-refractivity contribution in [1.82, 2.24) is 20.5 Å². The van der Waals surface area contributed by atoms with E-state index in [0.29, 0.717) is 34.3 Å². The molecule has 0 radical (unpaired) electrons. The zero-order valence-corrected chi connectivity index (χ0v) is 15.8. The Labute approximate surface area is 161 Å². The van der Waals surface area contributed by atoms with Crippen molar-refractivity contribution >= 4 is 34.5 Å². The second-order valence-corrected chi connectivity index (χ2v) is 8.71. The monoisotopic (exact) mass is 386 g/mol. The highest BCUT2D eigenvalue weighted by Crippen LogP contribution is 2.29. The second kappa shape index (κ2) is 6.83. The quantitative estimate of drug-likeness (QED) is 0.834. The number of furan rings is 1. The van der Waals surface area contributed by atoms with E-state index in [-0.39, 0.29) is 17.9 Å². The van der Waals surface area contributed by atoms with E-state index in [1.54, 1.807) is 6.07 Å². The number of carbonyl (C=O) groups is 2. The van der Waals surface area contributed by atoms with Crippen molar-refractivity contribution in [2.24, 2.45) is 0 Å². The van der Waals surface area contributed by atoms with Crippen LogP contribution in [0, 0.1) is 0 Å². The Morgan fingerprint density at radius 3 is 2.89 bits per heavy atom. The van der Waals surface area contributed by atoms with Crippen molar-refractivity contribution in [3.8, 4) is 0 Å². The third-order valence-electron chi connectivity index (χ3n) is 5.84. The zero-order chi connectivity index (χ0) is 18.4. The van der Waals surface area contributed by atoms with Crippen molar-refractivity contribution in [3.63, 3.8) is 0 Å². The Hall–Kier alpha value is -2.06. The van der Waals surface area contributed by atoms with Crippen LogP contribution in [0.25, 0.3) is 11.0 Å². The molecule has 2 amide bonds. The summed E-state index contributed by atoms with van der Waals surface area (Å²) in [6, 6.07) is 2.73. The molecule has 2 N–H and O–H groups in total. The summed E-state index contributed by atoms with van der Waals surface area (Å²) in [5.41, 5.74) is 1.37. The number of hydrogen-bond acceptors (Lipinski definition) is 6. The molecule has 2 aromatic rings. The van der Waals surface area contributed by atoms with Crippen molar-refractivity contribution in [2.75, 3.05) is 24.6 Å². The Morgan fingerprint density at radius 1 is 1.30 bits per heavy atom. The SMILES string of the molecule is O=C(N[C@@H]1C[C@H]2CC[C@@H]1N2)c1cc2c(C(=O)N3CCSCC3)coc2cn1. The van der Waals surface area contributed by atoms with Gasteiger partial charge in [0.1, 0.15) is 12.0 Å². The molecule has 0 aromatic carbocycles. The number of rotatable bonds is 3. The number of nitrogens with one attached hydrogen (secondary N) is 2. The number of hydrogen-bond donors (Lipinski definition) is 2. The van der Waals surface area contributed by atoms with Gasteiger partial charge in [0.2, 0.25) is 0 Å². The summed E-state index contributed by atoms with van der Waals surface area (Å²) in [5, 5.41) is 7.28. The van der Waals surface area contributed by atoms with Gasteiger partial charge in [-0.15, -0.1) is 0 Å². The predicted molar refractivity (Wildman–Crippen MR) is 103 cm³/mol. The maximum Gasteiger partial charge on any atom is 0.270 e. The van der Waals surface area contributed by atoms with E-state index in [1.807, 2.05) is 16.7 Å². The van der Waals surface area contributed by atoms with E-state index >= 15 is 0 Å². The van der Waals surface area contributed by atoms with Crippen LogP contribution in [0.4, 0.5) is 0 Å². The first-order chi connectivity index (χ1) is 13.2. The third-order valence-corrected chi connectivity index (χ3v) is 6.78. The smallest absolute Gasteiger partial charge is 0.270 e. The molecule has 0 unspecified atom stereocenters. The summed E-state index contributed by atoms with van der Waals surface area (Å²) in [6.07, 6.45) is 6.29. The lowest BCUT2D eigenvalue weighted by Crippen LogP contribution is -2.43. The van der Waals surface area contributed by atoms with Gasteiger partial charge in [-0.25, -0.2) is 4.98 Å². The number of carbonyl (C=O) groups excluding carboxylic acids is 2. The highest BCUT2D eigenvalue weighted by molar-refractivity contribution is 7.99. The molecule has 0 spiro atoms. The molecule has 0 saturated carbocycles. The van der Waals surface area contributed by atoms with Gasteiger partial charge < -0.3 is 20.0 Å². The molecule has 3 fully saturated rings. The fraction of sp³-hybridized carbons (Fsp3) is 0.526. The summed E-state index contributed by atoms with van der Waals surface area (Å²) in [5.74, 6) is 1.68. The molecule has 2 aromatic heterocycles. The van der Waals surface area contributed by atoms with Gasteiger partial charge in [-0.2, -0.15) is 11.8 Å². The van der Waals surface area contributed by atoms with Crippen LogP contribution in [0.2, 0.25) is 0 Å². The summed E-state index contributed by atoms with van der Waals surface area (Å²) in [7, 11) is 0. The molecule has 0 aliphatic carbocycles. The summed E-state index contributed by atoms with van der Waals surface area (Å²) in [6.45, 7) is 1.48. The lowest BCUT2D eigenvalue weighted by Gasteiger charge is -2.26. The van der Waals surface area contributed by atoms with Gasteiger partial charge in [-0.1, -0.05) is 0 Å². The molecule has 3 aliphatic rings. The number of aromatic nitrogens is 1. The van der Waals surface area contributed by atoms with Crippen LogP contribution in [0.15, 0.2) is 22.9 Å². The molecule has 5 rings (SSSR count). The number of nitrogens with zero attached hydrogens (tertiary/aromatic N) is 2. The van der Waals surface area contributed by atoms with Gasteiger partial charge >= 0.3 is 0 Å². The second-order valence-electron chi connectivity index (χ2n) is 7.48. The normalized spacial score (nSPS) is 27.3. The van der Waals surface area contributed by atoms with E-state index in [0.717, 1.165) is 37.4 Å². The molecule has 3 aliphatic heterocycles. The van der Waals surface area contributed by atoms with E-state index < -0.39 is 0 Å². The Morgan fingerprint density at radius 2 is 2.15 bits per heavy atom. The first-order valence-corrected chi connectivity index (χ1v) is 10.7. The summed E-state index contributed by atoms with van der Waals surface area (Å²) >= 11 is 1.86. The zero-order valence-electron chi connectivity index (χ0n) is 14.9. The van der Waals surface area contributed by atoms with Crippen molar-refractivity contribution in [1.29, 1.82) is 0 Å². The van der Waals surface area contributed by atoms with Crippen LogP contribution in [-0.4, -0.2) is 64.4 Å². The molecule has 3 saturated heterocycles. The van der Waals surface area contributed by atoms with E-state index in [1.165, 1.54) is 18.9 Å². The third kappa shape index (κ3) is 3.10. The van der Waals surface area contributed by atoms with Gasteiger partial charge in [0.05, 0.1) is 11.8 Å². The van der Waals surface area contributed by atoms with Crippen LogP contribution < -0.4 is 10.6 Å². The predicted octanol–water partition coefficient (Wildman–Crippen LogP) is 1.64. The Bertz CT molecular complexity index is 892. The molecular weight excluding hydrogens is 364 g/mol. The minimum Gasteiger partial charge on any atom is -0.462 e. The molecule has 2 bridgehead atoms. The van der Waals surface area contributed by atoms with E-state index in [4.69, 9.17) is 4.42 Å². The molecular formula is C19H22N4O3S. The first-order valence-electron chi connectivity index (χ1n) is 9.50. The number of pyridine rings is 1. The molecule has 3 atom stereocenters. The van der Waals surface area contributed by atoms with Crippen LogP contribution in [0.3, 0.4) is 0 Å². The molecule has 7 nitrogen and oxygen atoms in total. The molecule has 5 heterocycles. The van der Waals surface area contributed by atoms with Crippen LogP contribution in [-0.2, 0) is 0 Å². The highest BCUT2D eigenvalue weighted by Gasteiger charge is 2.39. The van der Waals surface area contributed by atoms with Gasteiger partial charge in [0.25, 0.3) is 11.8 Å². The molecule has 27 heavy (non-hydrogen) atoms. The first kappa shape index (κ1) is 17.1. The fourth-order valence-corrected chi connectivity index (χ4v) is 5.29. The van der Waals surface area contributed by atoms with Crippen LogP contribution in [0.5, 0.6) is 0 Å². The van der Waals surface area contributed by atoms with Gasteiger partial charge in [-0.05, 0) is 25.3 Å². The Kier molecular flexibility index (Phi) is 4.32. The van der Waals surface area contributed by atoms with Crippen molar-refractivity contribution in [2.45, 2.75) is 37.4 Å². The van der Waals surface area contributed by atoms with Crippen molar-refractivity contribution < 1.29 is 14.0 Å². The summed E-state index contributed by atoms with van der Waals surface area (Å²) in [4.78, 5) is 31.6. The Balaban J connectivity index is 1.37. The summed E-state index contributed by atoms with van der Waals surface area (Å²) < 4.78 is 5.51. The van der Waals surface area contributed by atoms with Gasteiger partial charge in [0, 0.05) is 48.1 Å². The molecule has 142 valence electrons. The lowest BCUT2D eigenvalue weighted by molar-refractivity contribution is 0.0772. The van der Waals surface area contributed by atoms with E-state index in [9.17, 15) is 9.59 Å². The van der Waals surface area contributed by atoms with Gasteiger partial charge in [0.15, 0.2) is 5.58 Å². The fourth-order valence-electron chi connectivity index (χ4n) is 4.39. The van der Waals surface area contributed by atoms with Crippen LogP contribution in [0.1, 0.15) is 40.1 Å². The maximum absolute atomic E-state index is 12.8. The average molecular weight is 386 g/mol. The average Bonchev–Trinajstić information content (AvgIpc) is 3.43. The van der Waals surface area contributed by atoms with Gasteiger partial charge in [-0.3, -0.25) is 9.59 Å². The minimum absolute atomic E-state index is 0.0380. The minimum atomic E-state index is -0.190. The standard InChI is InChI=1S/C19H22N4O3S/c24-18(22-15-7-11-1-2-14(15)21-11)16-8-12-13(10-26-17(12)9-20-16)19(25)23-3-5-27-6-4-23/h8-11,14-15,21H,1-7H2,(H,22,24)/t11-,14+,15-/m1/s1. The number of fused-ring (bicyclic) bond motifs is 3. The van der Waals surface area contributed by atoms with Crippen molar-refractivity contribution in [3.05, 3.63) is 29.8 Å². The largest absolute Gasteiger partial charge is 0.462 e. The molecule has 8 heteroatoms. The highest BCUT2D eigenvalue weighted by atomic mass is 32.2. The number of amides is 2. The maximum atomic E-state index is 12.8. The number of thioether (sulfide) groups is 1. The topological polar surface area (TPSA) is 87.5 Å².